The van der Waals surface area contributed by atoms with Crippen LogP contribution in [0.15, 0.2) is 54.9 Å². The second-order valence-electron chi connectivity index (χ2n) is 5.99. The maximum Gasteiger partial charge on any atom is 0.153 e. The van der Waals surface area contributed by atoms with Gasteiger partial charge in [0.25, 0.3) is 0 Å². The van der Waals surface area contributed by atoms with Crippen LogP contribution in [0, 0.1) is 5.41 Å². The van der Waals surface area contributed by atoms with E-state index in [0.29, 0.717) is 0 Å². The van der Waals surface area contributed by atoms with Gasteiger partial charge in [-0.25, -0.2) is 0 Å². The minimum atomic E-state index is -0.0968. The van der Waals surface area contributed by atoms with Gasteiger partial charge in [-0.15, -0.1) is 0 Å². The van der Waals surface area contributed by atoms with Gasteiger partial charge in [0.1, 0.15) is 19.3 Å². The molecule has 0 bridgehead atoms. The van der Waals surface area contributed by atoms with E-state index in [0.717, 1.165) is 22.8 Å². The summed E-state index contributed by atoms with van der Waals surface area (Å²) in [6.45, 7) is 10.3. The lowest BCUT2D eigenvalue weighted by Crippen LogP contribution is -2.14. The first-order chi connectivity index (χ1) is 9.38. The van der Waals surface area contributed by atoms with Crippen LogP contribution in [-0.2, 0) is 0 Å². The minimum absolute atomic E-state index is 0.0968. The third-order valence-electron chi connectivity index (χ3n) is 3.17. The van der Waals surface area contributed by atoms with Gasteiger partial charge in [0.05, 0.1) is 0 Å². The maximum atomic E-state index is 5.94. The Hall–Kier alpha value is -2.03. The molecule has 0 aliphatic heterocycles. The van der Waals surface area contributed by atoms with Crippen molar-refractivity contribution in [2.45, 2.75) is 20.8 Å². The van der Waals surface area contributed by atoms with Gasteiger partial charge in [-0.05, 0) is 12.1 Å². The first-order valence-corrected chi connectivity index (χ1v) is 6.77. The fraction of sp³-hybridized carbons (Fsp3) is 0.235. The predicted molar refractivity (Wildman–Crippen MR) is 87.1 cm³/mol. The highest BCUT2D eigenvalue weighted by atomic mass is 16.5. The van der Waals surface area contributed by atoms with Crippen LogP contribution in [0.2, 0.25) is 0 Å². The van der Waals surface area contributed by atoms with Gasteiger partial charge in [-0.3, -0.25) is 4.98 Å². The zero-order valence-electron chi connectivity index (χ0n) is 12.6. The van der Waals surface area contributed by atoms with E-state index in [1.165, 1.54) is 5.46 Å². The summed E-state index contributed by atoms with van der Waals surface area (Å²) in [5.74, 6) is 1.48. The molecule has 1 heterocycles. The molecule has 2 aromatic rings. The summed E-state index contributed by atoms with van der Waals surface area (Å²) < 4.78 is 5.94. The van der Waals surface area contributed by atoms with E-state index in [-0.39, 0.29) is 5.41 Å². The number of allylic oxidation sites excluding steroid dienone is 1. The first-order valence-electron chi connectivity index (χ1n) is 6.77. The molecule has 1 aromatic heterocycles. The van der Waals surface area contributed by atoms with Gasteiger partial charge in [-0.1, -0.05) is 57.1 Å². The molecule has 0 aliphatic rings. The largest absolute Gasteiger partial charge is 0.460 e. The van der Waals surface area contributed by atoms with Gasteiger partial charge in [0, 0.05) is 17.2 Å². The molecular weight excluding hydrogens is 245 g/mol. The van der Waals surface area contributed by atoms with Crippen LogP contribution < -0.4 is 10.2 Å². The van der Waals surface area contributed by atoms with E-state index >= 15 is 0 Å². The van der Waals surface area contributed by atoms with Crippen molar-refractivity contribution in [3.63, 3.8) is 0 Å². The molecule has 0 saturated heterocycles. The lowest BCUT2D eigenvalue weighted by Gasteiger charge is -2.22. The fourth-order valence-corrected chi connectivity index (χ4v) is 1.69. The first kappa shape index (κ1) is 14.4. The van der Waals surface area contributed by atoms with Crippen LogP contribution in [0.3, 0.4) is 0 Å². The number of hydrogen-bond donors (Lipinski definition) is 0. The highest BCUT2D eigenvalue weighted by Crippen LogP contribution is 2.32. The molecule has 0 unspecified atom stereocenters. The van der Waals surface area contributed by atoms with E-state index in [9.17, 15) is 0 Å². The van der Waals surface area contributed by atoms with E-state index in [4.69, 9.17) is 4.74 Å². The summed E-state index contributed by atoms with van der Waals surface area (Å²) in [5.41, 5.74) is 3.03. The molecule has 0 aliphatic carbocycles. The Kier molecular flexibility index (Phi) is 3.98. The predicted octanol–water partition coefficient (Wildman–Crippen LogP) is 2.95. The minimum Gasteiger partial charge on any atom is -0.460 e. The summed E-state index contributed by atoms with van der Waals surface area (Å²) in [7, 11) is 2.07. The number of nitrogens with zero attached hydrogens (tertiary/aromatic N) is 1. The topological polar surface area (TPSA) is 22.1 Å². The molecule has 2 rings (SSSR count). The highest BCUT2D eigenvalue weighted by molar-refractivity contribution is 6.32. The Balaban J connectivity index is 2.36. The fourth-order valence-electron chi connectivity index (χ4n) is 1.69. The average molecular weight is 265 g/mol. The Morgan fingerprint density at radius 1 is 1.15 bits per heavy atom. The van der Waals surface area contributed by atoms with Crippen LogP contribution in [0.25, 0.3) is 11.3 Å². The van der Waals surface area contributed by atoms with Crippen molar-refractivity contribution in [2.75, 3.05) is 0 Å². The standard InChI is InChI=1S/C17H20BNO/c1-12(17(2,3)4)20-15-6-5-11-19-16(15)13-7-9-14(18)10-8-13/h5-11H,1,18H2,2-4H3. The summed E-state index contributed by atoms with van der Waals surface area (Å²) in [5, 5.41) is 0. The Morgan fingerprint density at radius 2 is 1.80 bits per heavy atom. The zero-order valence-corrected chi connectivity index (χ0v) is 12.6. The molecule has 0 radical (unpaired) electrons. The lowest BCUT2D eigenvalue weighted by atomic mass is 9.94. The summed E-state index contributed by atoms with van der Waals surface area (Å²) >= 11 is 0. The van der Waals surface area contributed by atoms with Gasteiger partial charge in [0.2, 0.25) is 0 Å². The van der Waals surface area contributed by atoms with Crippen molar-refractivity contribution in [2.24, 2.45) is 5.41 Å². The van der Waals surface area contributed by atoms with E-state index in [2.05, 4.69) is 64.4 Å². The number of pyridine rings is 1. The molecule has 102 valence electrons. The third-order valence-corrected chi connectivity index (χ3v) is 3.17. The Labute approximate surface area is 121 Å². The van der Waals surface area contributed by atoms with Crippen molar-refractivity contribution in [3.05, 3.63) is 54.9 Å². The number of benzene rings is 1. The van der Waals surface area contributed by atoms with Gasteiger partial charge in [-0.2, -0.15) is 0 Å². The average Bonchev–Trinajstić information content (AvgIpc) is 2.39. The van der Waals surface area contributed by atoms with E-state index < -0.39 is 0 Å². The monoisotopic (exact) mass is 265 g/mol. The van der Waals surface area contributed by atoms with Crippen LogP contribution in [0.5, 0.6) is 5.75 Å². The highest BCUT2D eigenvalue weighted by Gasteiger charge is 2.19. The molecule has 3 heteroatoms. The quantitative estimate of drug-likeness (QED) is 0.628. The van der Waals surface area contributed by atoms with Crippen LogP contribution in [-0.4, -0.2) is 12.8 Å². The van der Waals surface area contributed by atoms with E-state index in [1.807, 2.05) is 12.1 Å². The SMILES string of the molecule is Bc1ccc(-c2ncccc2OC(=C)C(C)(C)C)cc1. The zero-order chi connectivity index (χ0) is 14.8. The number of aromatic nitrogens is 1. The number of hydrogen-bond acceptors (Lipinski definition) is 2. The maximum absolute atomic E-state index is 5.94. The van der Waals surface area contributed by atoms with Gasteiger partial charge >= 0.3 is 0 Å². The molecule has 0 fully saturated rings. The van der Waals surface area contributed by atoms with Crippen LogP contribution in [0.4, 0.5) is 0 Å². The molecule has 0 spiro atoms. The molecule has 20 heavy (non-hydrogen) atoms. The second-order valence-corrected chi connectivity index (χ2v) is 5.99. The smallest absolute Gasteiger partial charge is 0.153 e. The summed E-state index contributed by atoms with van der Waals surface area (Å²) in [4.78, 5) is 4.45. The van der Waals surface area contributed by atoms with Crippen LogP contribution in [0.1, 0.15) is 20.8 Å². The van der Waals surface area contributed by atoms with Crippen molar-refractivity contribution in [3.8, 4) is 17.0 Å². The summed E-state index contributed by atoms with van der Waals surface area (Å²) in [6.07, 6.45) is 1.78. The molecular formula is C17H20BNO. The molecule has 0 N–H and O–H groups in total. The number of ether oxygens (including phenoxy) is 1. The normalized spacial score (nSPS) is 11.2. The third kappa shape index (κ3) is 3.29. The lowest BCUT2D eigenvalue weighted by molar-refractivity contribution is 0.296. The second kappa shape index (κ2) is 5.54. The number of rotatable bonds is 3. The Morgan fingerprint density at radius 3 is 2.40 bits per heavy atom. The van der Waals surface area contributed by atoms with Crippen molar-refractivity contribution < 1.29 is 4.74 Å². The van der Waals surface area contributed by atoms with Crippen molar-refractivity contribution in [1.82, 2.24) is 4.98 Å². The van der Waals surface area contributed by atoms with Gasteiger partial charge < -0.3 is 4.74 Å². The molecule has 1 aromatic carbocycles. The van der Waals surface area contributed by atoms with Gasteiger partial charge in [0.15, 0.2) is 5.75 Å². The summed E-state index contributed by atoms with van der Waals surface area (Å²) in [6, 6.07) is 12.1. The molecule has 0 atom stereocenters. The van der Waals surface area contributed by atoms with Crippen molar-refractivity contribution in [1.29, 1.82) is 0 Å². The molecule has 0 amide bonds. The molecule has 2 nitrogen and oxygen atoms in total. The van der Waals surface area contributed by atoms with Crippen LogP contribution >= 0.6 is 0 Å². The molecule has 0 saturated carbocycles. The van der Waals surface area contributed by atoms with Crippen molar-refractivity contribution >= 4 is 13.3 Å². The Bertz CT molecular complexity index is 612. The van der Waals surface area contributed by atoms with E-state index in [1.54, 1.807) is 6.20 Å².